The van der Waals surface area contributed by atoms with E-state index in [1.807, 2.05) is 0 Å². The van der Waals surface area contributed by atoms with E-state index in [2.05, 4.69) is 19.2 Å². The van der Waals surface area contributed by atoms with Crippen molar-refractivity contribution in [1.82, 2.24) is 5.32 Å². The third kappa shape index (κ3) is 4.43. The summed E-state index contributed by atoms with van der Waals surface area (Å²) in [6.07, 6.45) is 7.80. The smallest absolute Gasteiger partial charge is 0.0584 e. The topological polar surface area (TPSA) is 32.3 Å². The van der Waals surface area contributed by atoms with Crippen LogP contribution in [0.15, 0.2) is 0 Å². The number of nitrogens with one attached hydrogen (secondary N) is 1. The Morgan fingerprint density at radius 3 is 2.36 bits per heavy atom. The van der Waals surface area contributed by atoms with Crippen LogP contribution < -0.4 is 5.32 Å². The predicted octanol–water partition coefficient (Wildman–Crippen LogP) is 2.32. The molecule has 0 amide bonds. The first-order valence-corrected chi connectivity index (χ1v) is 6.09. The Balaban J connectivity index is 2.23. The van der Waals surface area contributed by atoms with Gasteiger partial charge in [0, 0.05) is 12.1 Å². The van der Waals surface area contributed by atoms with Crippen LogP contribution in [0, 0.1) is 5.92 Å². The van der Waals surface area contributed by atoms with Crippen LogP contribution in [-0.2, 0) is 0 Å². The highest BCUT2D eigenvalue weighted by Crippen LogP contribution is 2.18. The van der Waals surface area contributed by atoms with E-state index in [4.69, 9.17) is 0 Å². The maximum absolute atomic E-state index is 9.24. The van der Waals surface area contributed by atoms with Gasteiger partial charge in [-0.05, 0) is 25.2 Å². The molecule has 0 aromatic heterocycles. The molecule has 0 spiro atoms. The minimum absolute atomic E-state index is 0.286. The molecule has 0 heterocycles. The van der Waals surface area contributed by atoms with Crippen molar-refractivity contribution in [1.29, 1.82) is 0 Å². The quantitative estimate of drug-likeness (QED) is 0.712. The summed E-state index contributed by atoms with van der Waals surface area (Å²) in [5, 5.41) is 12.8. The molecular formula is C12H25NO. The van der Waals surface area contributed by atoms with Gasteiger partial charge in [-0.15, -0.1) is 0 Å². The van der Waals surface area contributed by atoms with Crippen LogP contribution in [-0.4, -0.2) is 23.8 Å². The zero-order valence-corrected chi connectivity index (χ0v) is 9.63. The Bertz CT molecular complexity index is 141. The van der Waals surface area contributed by atoms with Crippen molar-refractivity contribution < 1.29 is 5.11 Å². The molecule has 0 saturated heterocycles. The van der Waals surface area contributed by atoms with E-state index < -0.39 is 0 Å². The summed E-state index contributed by atoms with van der Waals surface area (Å²) in [5.74, 6) is 0.670. The molecule has 1 fully saturated rings. The van der Waals surface area contributed by atoms with E-state index in [9.17, 15) is 5.11 Å². The van der Waals surface area contributed by atoms with Crippen molar-refractivity contribution in [2.45, 2.75) is 64.5 Å². The van der Waals surface area contributed by atoms with E-state index >= 15 is 0 Å². The predicted molar refractivity (Wildman–Crippen MR) is 60.3 cm³/mol. The SMILES string of the molecule is CC(C)C[C@@H](CO)NC1CCCCC1. The van der Waals surface area contributed by atoms with Crippen LogP contribution in [0.2, 0.25) is 0 Å². The molecule has 84 valence electrons. The fraction of sp³-hybridized carbons (Fsp3) is 1.00. The molecule has 2 nitrogen and oxygen atoms in total. The lowest BCUT2D eigenvalue weighted by Crippen LogP contribution is -2.42. The second kappa shape index (κ2) is 6.41. The third-order valence-corrected chi connectivity index (χ3v) is 3.05. The standard InChI is InChI=1S/C12H25NO/c1-10(2)8-12(9-14)13-11-6-4-3-5-7-11/h10-14H,3-9H2,1-2H3/t12-/m0/s1. The lowest BCUT2D eigenvalue weighted by molar-refractivity contribution is 0.201. The van der Waals surface area contributed by atoms with Gasteiger partial charge in [-0.25, -0.2) is 0 Å². The Kier molecular flexibility index (Phi) is 5.49. The fourth-order valence-corrected chi connectivity index (χ4v) is 2.37. The number of hydrogen-bond acceptors (Lipinski definition) is 2. The van der Waals surface area contributed by atoms with Crippen LogP contribution in [0.1, 0.15) is 52.4 Å². The third-order valence-electron chi connectivity index (χ3n) is 3.05. The minimum atomic E-state index is 0.286. The highest BCUT2D eigenvalue weighted by Gasteiger charge is 2.17. The number of hydrogen-bond donors (Lipinski definition) is 2. The Morgan fingerprint density at radius 1 is 1.21 bits per heavy atom. The molecule has 1 aliphatic rings. The average Bonchev–Trinajstić information content (AvgIpc) is 2.17. The zero-order chi connectivity index (χ0) is 10.4. The van der Waals surface area contributed by atoms with Crippen molar-refractivity contribution in [2.24, 2.45) is 5.92 Å². The largest absolute Gasteiger partial charge is 0.395 e. The van der Waals surface area contributed by atoms with Crippen LogP contribution in [0.25, 0.3) is 0 Å². The molecule has 0 bridgehead atoms. The summed E-state index contributed by atoms with van der Waals surface area (Å²) in [4.78, 5) is 0. The van der Waals surface area contributed by atoms with E-state index in [0.29, 0.717) is 18.0 Å². The van der Waals surface area contributed by atoms with Gasteiger partial charge in [0.1, 0.15) is 0 Å². The maximum Gasteiger partial charge on any atom is 0.0584 e. The van der Waals surface area contributed by atoms with Crippen LogP contribution in [0.3, 0.4) is 0 Å². The van der Waals surface area contributed by atoms with E-state index in [1.54, 1.807) is 0 Å². The molecule has 0 aromatic carbocycles. The first-order chi connectivity index (χ1) is 6.72. The Labute approximate surface area is 88.1 Å². The van der Waals surface area contributed by atoms with Gasteiger partial charge in [-0.3, -0.25) is 0 Å². The molecule has 14 heavy (non-hydrogen) atoms. The number of aliphatic hydroxyl groups is 1. The van der Waals surface area contributed by atoms with E-state index in [0.717, 1.165) is 6.42 Å². The lowest BCUT2D eigenvalue weighted by atomic mass is 9.94. The molecule has 0 radical (unpaired) electrons. The number of rotatable bonds is 5. The van der Waals surface area contributed by atoms with E-state index in [-0.39, 0.29) is 6.61 Å². The fourth-order valence-electron chi connectivity index (χ4n) is 2.37. The van der Waals surface area contributed by atoms with Crippen LogP contribution in [0.4, 0.5) is 0 Å². The molecule has 2 N–H and O–H groups in total. The van der Waals surface area contributed by atoms with Crippen LogP contribution in [0.5, 0.6) is 0 Å². The Hall–Kier alpha value is -0.0800. The van der Waals surface area contributed by atoms with Gasteiger partial charge in [0.2, 0.25) is 0 Å². The molecule has 2 heteroatoms. The molecule has 0 aliphatic heterocycles. The monoisotopic (exact) mass is 199 g/mol. The molecule has 1 rings (SSSR count). The first kappa shape index (κ1) is 12.0. The average molecular weight is 199 g/mol. The van der Waals surface area contributed by atoms with Crippen molar-refractivity contribution in [3.8, 4) is 0 Å². The summed E-state index contributed by atoms with van der Waals surface area (Å²) in [5.41, 5.74) is 0. The summed E-state index contributed by atoms with van der Waals surface area (Å²) >= 11 is 0. The maximum atomic E-state index is 9.24. The molecule has 1 saturated carbocycles. The zero-order valence-electron chi connectivity index (χ0n) is 9.63. The van der Waals surface area contributed by atoms with Gasteiger partial charge in [-0.1, -0.05) is 33.1 Å². The van der Waals surface area contributed by atoms with Gasteiger partial charge >= 0.3 is 0 Å². The highest BCUT2D eigenvalue weighted by molar-refractivity contribution is 4.77. The minimum Gasteiger partial charge on any atom is -0.395 e. The second-order valence-corrected chi connectivity index (χ2v) is 5.01. The van der Waals surface area contributed by atoms with Gasteiger partial charge in [-0.2, -0.15) is 0 Å². The normalized spacial score (nSPS) is 21.4. The summed E-state index contributed by atoms with van der Waals surface area (Å²) in [6.45, 7) is 4.71. The van der Waals surface area contributed by atoms with Gasteiger partial charge in [0.25, 0.3) is 0 Å². The van der Waals surface area contributed by atoms with Crippen molar-refractivity contribution in [3.05, 3.63) is 0 Å². The second-order valence-electron chi connectivity index (χ2n) is 5.01. The molecule has 0 aromatic rings. The molecule has 0 unspecified atom stereocenters. The lowest BCUT2D eigenvalue weighted by Gasteiger charge is -2.28. The number of aliphatic hydroxyl groups excluding tert-OH is 1. The van der Waals surface area contributed by atoms with Crippen molar-refractivity contribution in [2.75, 3.05) is 6.61 Å². The Morgan fingerprint density at radius 2 is 1.86 bits per heavy atom. The summed E-state index contributed by atoms with van der Waals surface area (Å²) in [7, 11) is 0. The van der Waals surface area contributed by atoms with Crippen molar-refractivity contribution >= 4 is 0 Å². The highest BCUT2D eigenvalue weighted by atomic mass is 16.3. The molecule has 1 aliphatic carbocycles. The molecular weight excluding hydrogens is 174 g/mol. The molecule has 1 atom stereocenters. The van der Waals surface area contributed by atoms with Gasteiger partial charge < -0.3 is 10.4 Å². The summed E-state index contributed by atoms with van der Waals surface area (Å²) < 4.78 is 0. The summed E-state index contributed by atoms with van der Waals surface area (Å²) in [6, 6.07) is 0.984. The van der Waals surface area contributed by atoms with Crippen LogP contribution >= 0.6 is 0 Å². The van der Waals surface area contributed by atoms with E-state index in [1.165, 1.54) is 32.1 Å². The van der Waals surface area contributed by atoms with Crippen molar-refractivity contribution in [3.63, 3.8) is 0 Å². The first-order valence-electron chi connectivity index (χ1n) is 6.09. The van der Waals surface area contributed by atoms with Gasteiger partial charge in [0.05, 0.1) is 6.61 Å². The van der Waals surface area contributed by atoms with Gasteiger partial charge in [0.15, 0.2) is 0 Å².